The zero-order chi connectivity index (χ0) is 14.3. The van der Waals surface area contributed by atoms with Crippen molar-refractivity contribution in [3.05, 3.63) is 33.9 Å². The molecule has 4 N–H and O–H groups in total. The van der Waals surface area contributed by atoms with E-state index in [0.717, 1.165) is 6.42 Å². The maximum Gasteiger partial charge on any atom is 0.293 e. The summed E-state index contributed by atoms with van der Waals surface area (Å²) in [5.41, 5.74) is 2.25. The molecule has 1 aromatic carbocycles. The van der Waals surface area contributed by atoms with Crippen LogP contribution in [0.5, 0.6) is 0 Å². The highest BCUT2D eigenvalue weighted by molar-refractivity contribution is 5.95. The zero-order valence-corrected chi connectivity index (χ0v) is 10.5. The van der Waals surface area contributed by atoms with Gasteiger partial charge in [0.05, 0.1) is 4.92 Å². The number of benzene rings is 1. The third kappa shape index (κ3) is 4.19. The second kappa shape index (κ2) is 7.29. The van der Waals surface area contributed by atoms with Gasteiger partial charge in [0.15, 0.2) is 0 Å². The Kier molecular flexibility index (Phi) is 5.71. The summed E-state index contributed by atoms with van der Waals surface area (Å²) < 4.78 is 4.88. The smallest absolute Gasteiger partial charge is 0.293 e. The van der Waals surface area contributed by atoms with Gasteiger partial charge < -0.3 is 10.1 Å². The Morgan fingerprint density at radius 1 is 1.53 bits per heavy atom. The monoisotopic (exact) mass is 268 g/mol. The minimum atomic E-state index is -0.575. The fourth-order valence-corrected chi connectivity index (χ4v) is 1.50. The van der Waals surface area contributed by atoms with E-state index in [0.29, 0.717) is 18.8 Å². The number of nitro groups is 1. The quantitative estimate of drug-likeness (QED) is 0.219. The predicted octanol–water partition coefficient (Wildman–Crippen LogP) is 0.647. The summed E-state index contributed by atoms with van der Waals surface area (Å²) in [6.45, 7) is 1.10. The number of nitrogens with one attached hydrogen (secondary N) is 2. The van der Waals surface area contributed by atoms with Crippen LogP contribution >= 0.6 is 0 Å². The standard InChI is InChI=1S/C11H16N4O4/c1-19-6-2-5-13-9-4-3-8(11(16)14-12)7-10(9)15(17)18/h3-4,7,13H,2,5-6,12H2,1H3,(H,14,16). The van der Waals surface area contributed by atoms with E-state index in [9.17, 15) is 14.9 Å². The van der Waals surface area contributed by atoms with Gasteiger partial charge in [-0.1, -0.05) is 0 Å². The van der Waals surface area contributed by atoms with Crippen LogP contribution in [0.2, 0.25) is 0 Å². The Morgan fingerprint density at radius 3 is 2.84 bits per heavy atom. The van der Waals surface area contributed by atoms with E-state index >= 15 is 0 Å². The number of methoxy groups -OCH3 is 1. The Hall–Kier alpha value is -2.19. The first-order chi connectivity index (χ1) is 9.10. The van der Waals surface area contributed by atoms with Gasteiger partial charge in [0.25, 0.3) is 11.6 Å². The SMILES string of the molecule is COCCCNc1ccc(C(=O)NN)cc1[N+](=O)[O-]. The van der Waals surface area contributed by atoms with E-state index in [1.807, 2.05) is 5.43 Å². The molecule has 0 aliphatic rings. The summed E-state index contributed by atoms with van der Waals surface area (Å²) >= 11 is 0. The number of ether oxygens (including phenoxy) is 1. The van der Waals surface area contributed by atoms with Crippen molar-refractivity contribution in [3.8, 4) is 0 Å². The Balaban J connectivity index is 2.86. The molecule has 0 heterocycles. The second-order valence-corrected chi connectivity index (χ2v) is 3.74. The number of nitrogens with zero attached hydrogens (tertiary/aromatic N) is 1. The summed E-state index contributed by atoms with van der Waals surface area (Å²) in [5.74, 6) is 4.41. The van der Waals surface area contributed by atoms with E-state index < -0.39 is 10.8 Å². The van der Waals surface area contributed by atoms with Crippen molar-refractivity contribution in [2.45, 2.75) is 6.42 Å². The van der Waals surface area contributed by atoms with Crippen LogP contribution < -0.4 is 16.6 Å². The number of nitro benzene ring substituents is 1. The van der Waals surface area contributed by atoms with E-state index in [4.69, 9.17) is 10.6 Å². The number of hydrogen-bond acceptors (Lipinski definition) is 6. The average molecular weight is 268 g/mol. The molecule has 0 saturated heterocycles. The van der Waals surface area contributed by atoms with Gasteiger partial charge >= 0.3 is 0 Å². The fraction of sp³-hybridized carbons (Fsp3) is 0.364. The molecule has 0 aromatic heterocycles. The highest BCUT2D eigenvalue weighted by Gasteiger charge is 2.16. The van der Waals surface area contributed by atoms with Crippen molar-refractivity contribution >= 4 is 17.3 Å². The lowest BCUT2D eigenvalue weighted by molar-refractivity contribution is -0.384. The number of nitrogens with two attached hydrogens (primary N) is 1. The Labute approximate surface area is 110 Å². The van der Waals surface area contributed by atoms with Crippen LogP contribution in [0, 0.1) is 10.1 Å². The van der Waals surface area contributed by atoms with Gasteiger partial charge in [0.2, 0.25) is 0 Å². The lowest BCUT2D eigenvalue weighted by Gasteiger charge is -2.08. The minimum absolute atomic E-state index is 0.136. The van der Waals surface area contributed by atoms with Gasteiger partial charge in [0.1, 0.15) is 5.69 Å². The van der Waals surface area contributed by atoms with Gasteiger partial charge in [0, 0.05) is 31.9 Å². The van der Waals surface area contributed by atoms with Crippen LogP contribution in [0.3, 0.4) is 0 Å². The van der Waals surface area contributed by atoms with Gasteiger partial charge in [-0.25, -0.2) is 5.84 Å². The fourth-order valence-electron chi connectivity index (χ4n) is 1.50. The molecule has 1 amide bonds. The molecular weight excluding hydrogens is 252 g/mol. The van der Waals surface area contributed by atoms with Gasteiger partial charge in [-0.05, 0) is 18.6 Å². The molecule has 0 saturated carbocycles. The molecule has 0 radical (unpaired) electrons. The van der Waals surface area contributed by atoms with Crippen molar-refractivity contribution in [1.82, 2.24) is 5.43 Å². The first-order valence-electron chi connectivity index (χ1n) is 5.62. The summed E-state index contributed by atoms with van der Waals surface area (Å²) in [6.07, 6.45) is 0.721. The lowest BCUT2D eigenvalue weighted by atomic mass is 10.1. The zero-order valence-electron chi connectivity index (χ0n) is 10.5. The van der Waals surface area contributed by atoms with Crippen molar-refractivity contribution in [2.24, 2.45) is 5.84 Å². The normalized spacial score (nSPS) is 10.0. The van der Waals surface area contributed by atoms with E-state index in [1.165, 1.54) is 18.2 Å². The van der Waals surface area contributed by atoms with Gasteiger partial charge in [-0.2, -0.15) is 0 Å². The molecule has 0 atom stereocenters. The number of hydrogen-bond donors (Lipinski definition) is 3. The molecule has 8 heteroatoms. The Morgan fingerprint density at radius 2 is 2.26 bits per heavy atom. The number of hydrazine groups is 1. The second-order valence-electron chi connectivity index (χ2n) is 3.74. The number of nitrogen functional groups attached to an aromatic ring is 1. The van der Waals surface area contributed by atoms with Crippen LogP contribution in [-0.2, 0) is 4.74 Å². The molecule has 1 rings (SSSR count). The third-order valence-electron chi connectivity index (χ3n) is 2.43. The number of anilines is 1. The number of amides is 1. The molecule has 0 fully saturated rings. The highest BCUT2D eigenvalue weighted by atomic mass is 16.6. The number of rotatable bonds is 7. The molecule has 0 unspecified atom stereocenters. The van der Waals surface area contributed by atoms with Gasteiger partial charge in [-0.3, -0.25) is 20.3 Å². The first-order valence-corrected chi connectivity index (χ1v) is 5.62. The summed E-state index contributed by atoms with van der Waals surface area (Å²) in [6, 6.07) is 4.13. The summed E-state index contributed by atoms with van der Waals surface area (Å²) in [7, 11) is 1.59. The molecule has 8 nitrogen and oxygen atoms in total. The van der Waals surface area contributed by atoms with E-state index in [2.05, 4.69) is 5.32 Å². The van der Waals surface area contributed by atoms with Crippen molar-refractivity contribution in [1.29, 1.82) is 0 Å². The first kappa shape index (κ1) is 14.9. The van der Waals surface area contributed by atoms with Crippen LogP contribution in [0.15, 0.2) is 18.2 Å². The maximum atomic E-state index is 11.3. The van der Waals surface area contributed by atoms with Gasteiger partial charge in [-0.15, -0.1) is 0 Å². The maximum absolute atomic E-state index is 11.3. The minimum Gasteiger partial charge on any atom is -0.385 e. The number of carbonyl (C=O) groups excluding carboxylic acids is 1. The molecule has 0 spiro atoms. The number of carbonyl (C=O) groups is 1. The van der Waals surface area contributed by atoms with Crippen LogP contribution in [-0.4, -0.2) is 31.1 Å². The highest BCUT2D eigenvalue weighted by Crippen LogP contribution is 2.25. The lowest BCUT2D eigenvalue weighted by Crippen LogP contribution is -2.30. The molecule has 0 bridgehead atoms. The molecule has 0 aliphatic heterocycles. The topological polar surface area (TPSA) is 120 Å². The van der Waals surface area contributed by atoms with E-state index in [1.54, 1.807) is 7.11 Å². The van der Waals surface area contributed by atoms with E-state index in [-0.39, 0.29) is 11.3 Å². The molecular formula is C11H16N4O4. The predicted molar refractivity (Wildman–Crippen MR) is 69.7 cm³/mol. The molecule has 104 valence electrons. The van der Waals surface area contributed by atoms with Crippen LogP contribution in [0.1, 0.15) is 16.8 Å². The average Bonchev–Trinajstić information content (AvgIpc) is 2.42. The molecule has 0 aliphatic carbocycles. The summed E-state index contributed by atoms with van der Waals surface area (Å²) in [5, 5.41) is 13.9. The third-order valence-corrected chi connectivity index (χ3v) is 2.43. The van der Waals surface area contributed by atoms with Crippen LogP contribution in [0.4, 0.5) is 11.4 Å². The largest absolute Gasteiger partial charge is 0.385 e. The van der Waals surface area contributed by atoms with Crippen molar-refractivity contribution < 1.29 is 14.5 Å². The van der Waals surface area contributed by atoms with Crippen molar-refractivity contribution in [2.75, 3.05) is 25.6 Å². The van der Waals surface area contributed by atoms with Crippen LogP contribution in [0.25, 0.3) is 0 Å². The van der Waals surface area contributed by atoms with Crippen molar-refractivity contribution in [3.63, 3.8) is 0 Å². The Bertz CT molecular complexity index is 464. The summed E-state index contributed by atoms with van der Waals surface area (Å²) in [4.78, 5) is 21.7. The molecule has 1 aromatic rings. The molecule has 19 heavy (non-hydrogen) atoms.